The number of rotatable bonds is 8. The molecule has 0 bridgehead atoms. The number of hydrogen-bond acceptors (Lipinski definition) is 7. The third-order valence-corrected chi connectivity index (χ3v) is 7.02. The van der Waals surface area contributed by atoms with E-state index in [-0.39, 0.29) is 0 Å². The Morgan fingerprint density at radius 3 is 2.87 bits per heavy atom. The van der Waals surface area contributed by atoms with Crippen LogP contribution in [0.2, 0.25) is 0 Å². The second kappa shape index (κ2) is 10.4. The van der Waals surface area contributed by atoms with Crippen molar-refractivity contribution in [3.05, 3.63) is 40.0 Å². The van der Waals surface area contributed by atoms with E-state index in [4.69, 9.17) is 14.7 Å². The van der Waals surface area contributed by atoms with E-state index in [1.54, 1.807) is 11.3 Å². The number of aryl methyl sites for hydroxylation is 3. The highest BCUT2D eigenvalue weighted by Gasteiger charge is 2.19. The summed E-state index contributed by atoms with van der Waals surface area (Å²) < 4.78 is 5.64. The smallest absolute Gasteiger partial charge is 0.226 e. The number of anilines is 1. The quantitative estimate of drug-likeness (QED) is 0.514. The van der Waals surface area contributed by atoms with Crippen LogP contribution in [0.25, 0.3) is 10.9 Å². The predicted molar refractivity (Wildman–Crippen MR) is 128 cm³/mol. The average molecular weight is 440 g/mol. The van der Waals surface area contributed by atoms with E-state index in [1.165, 1.54) is 23.4 Å². The lowest BCUT2D eigenvalue weighted by Gasteiger charge is -2.22. The van der Waals surface area contributed by atoms with Gasteiger partial charge in [-0.05, 0) is 77.6 Å². The van der Waals surface area contributed by atoms with E-state index >= 15 is 0 Å². The maximum atomic E-state index is 5.64. The van der Waals surface area contributed by atoms with Crippen LogP contribution in [0.4, 0.5) is 5.95 Å². The topological polar surface area (TPSA) is 63.2 Å². The first kappa shape index (κ1) is 22.0. The normalized spacial score (nSPS) is 17.1. The number of thiazole rings is 1. The number of nitrogens with one attached hydrogen (secondary N) is 1. The highest BCUT2D eigenvalue weighted by atomic mass is 32.1. The molecule has 3 aromatic rings. The second-order valence-corrected chi connectivity index (χ2v) is 9.19. The van der Waals surface area contributed by atoms with Gasteiger partial charge in [-0.25, -0.2) is 15.0 Å². The summed E-state index contributed by atoms with van der Waals surface area (Å²) in [4.78, 5) is 17.8. The molecule has 0 amide bonds. The molecule has 31 heavy (non-hydrogen) atoms. The van der Waals surface area contributed by atoms with Crippen molar-refractivity contribution in [1.29, 1.82) is 0 Å². The van der Waals surface area contributed by atoms with Crippen LogP contribution >= 0.6 is 11.3 Å². The van der Waals surface area contributed by atoms with Gasteiger partial charge < -0.3 is 15.0 Å². The van der Waals surface area contributed by atoms with Crippen molar-refractivity contribution in [2.75, 3.05) is 31.1 Å². The molecule has 1 atom stereocenters. The zero-order chi connectivity index (χ0) is 21.6. The first-order valence-corrected chi connectivity index (χ1v) is 12.3. The monoisotopic (exact) mass is 439 g/mol. The van der Waals surface area contributed by atoms with Gasteiger partial charge in [-0.3, -0.25) is 0 Å². The Kier molecular flexibility index (Phi) is 7.35. The third kappa shape index (κ3) is 5.52. The van der Waals surface area contributed by atoms with Crippen molar-refractivity contribution in [2.45, 2.75) is 58.9 Å². The fourth-order valence-corrected chi connectivity index (χ4v) is 5.09. The van der Waals surface area contributed by atoms with Crippen LogP contribution in [0, 0.1) is 13.8 Å². The van der Waals surface area contributed by atoms with Gasteiger partial charge in [-0.15, -0.1) is 11.3 Å². The molecule has 1 aromatic carbocycles. The molecule has 1 aliphatic heterocycles. The summed E-state index contributed by atoms with van der Waals surface area (Å²) in [7, 11) is 0. The van der Waals surface area contributed by atoms with Gasteiger partial charge >= 0.3 is 0 Å². The van der Waals surface area contributed by atoms with Gasteiger partial charge in [-0.1, -0.05) is 0 Å². The van der Waals surface area contributed by atoms with Crippen LogP contribution in [0.15, 0.2) is 23.7 Å². The molecule has 1 N–H and O–H groups in total. The molecule has 2 aromatic heterocycles. The zero-order valence-corrected chi connectivity index (χ0v) is 19.7. The Bertz CT molecular complexity index is 1000. The molecule has 1 fully saturated rings. The number of ether oxygens (including phenoxy) is 1. The number of nitrogens with zero attached hydrogens (tertiary/aromatic N) is 4. The summed E-state index contributed by atoms with van der Waals surface area (Å²) >= 11 is 1.78. The van der Waals surface area contributed by atoms with Crippen LogP contribution in [-0.2, 0) is 6.42 Å². The van der Waals surface area contributed by atoms with E-state index in [0.29, 0.717) is 12.6 Å². The summed E-state index contributed by atoms with van der Waals surface area (Å²) in [6.07, 6.45) is 5.79. The van der Waals surface area contributed by atoms with Crippen molar-refractivity contribution in [3.63, 3.8) is 0 Å². The molecule has 4 rings (SSSR count). The Balaban J connectivity index is 1.33. The number of hydrogen-bond donors (Lipinski definition) is 1. The SMILES string of the molecule is CCOc1ccc2nc(N3CCC[C@H](NCCCc4scnc4C)CC3)nc(C)c2c1. The van der Waals surface area contributed by atoms with Gasteiger partial charge in [0.1, 0.15) is 5.75 Å². The molecule has 1 aliphatic rings. The van der Waals surface area contributed by atoms with Crippen LogP contribution in [0.1, 0.15) is 48.9 Å². The van der Waals surface area contributed by atoms with E-state index in [2.05, 4.69) is 29.0 Å². The summed E-state index contributed by atoms with van der Waals surface area (Å²) in [6.45, 7) is 9.91. The summed E-state index contributed by atoms with van der Waals surface area (Å²) in [5.41, 5.74) is 5.14. The molecule has 0 unspecified atom stereocenters. The summed E-state index contributed by atoms with van der Waals surface area (Å²) in [5, 5.41) is 4.85. The first-order chi connectivity index (χ1) is 15.1. The van der Waals surface area contributed by atoms with Crippen LogP contribution in [0.3, 0.4) is 0 Å². The highest BCUT2D eigenvalue weighted by molar-refractivity contribution is 7.09. The molecular formula is C24H33N5OS. The molecule has 0 spiro atoms. The molecular weight excluding hydrogens is 406 g/mol. The summed E-state index contributed by atoms with van der Waals surface area (Å²) in [5.74, 6) is 1.74. The lowest BCUT2D eigenvalue weighted by atomic mass is 10.1. The van der Waals surface area contributed by atoms with Crippen LogP contribution < -0.4 is 15.0 Å². The fraction of sp³-hybridized carbons (Fsp3) is 0.542. The van der Waals surface area contributed by atoms with E-state index < -0.39 is 0 Å². The van der Waals surface area contributed by atoms with Gasteiger partial charge in [0.05, 0.1) is 29.0 Å². The van der Waals surface area contributed by atoms with Gasteiger partial charge in [0.15, 0.2) is 0 Å². The average Bonchev–Trinajstić information content (AvgIpc) is 3.03. The van der Waals surface area contributed by atoms with Gasteiger partial charge in [0, 0.05) is 29.4 Å². The Labute approximate surface area is 189 Å². The number of benzene rings is 1. The van der Waals surface area contributed by atoms with Crippen LogP contribution in [-0.4, -0.2) is 47.2 Å². The van der Waals surface area contributed by atoms with Crippen LogP contribution in [0.5, 0.6) is 5.75 Å². The maximum absolute atomic E-state index is 5.64. The zero-order valence-electron chi connectivity index (χ0n) is 18.9. The minimum Gasteiger partial charge on any atom is -0.494 e. The Hall–Kier alpha value is -2.25. The van der Waals surface area contributed by atoms with Gasteiger partial charge in [0.2, 0.25) is 5.95 Å². The lowest BCUT2D eigenvalue weighted by Crippen LogP contribution is -2.32. The van der Waals surface area contributed by atoms with E-state index in [0.717, 1.165) is 67.2 Å². The maximum Gasteiger partial charge on any atom is 0.226 e. The minimum atomic E-state index is 0.572. The molecule has 1 saturated heterocycles. The molecule has 7 heteroatoms. The molecule has 166 valence electrons. The molecule has 0 saturated carbocycles. The van der Waals surface area contributed by atoms with Crippen molar-refractivity contribution in [3.8, 4) is 5.75 Å². The number of aromatic nitrogens is 3. The van der Waals surface area contributed by atoms with Crippen molar-refractivity contribution < 1.29 is 4.74 Å². The van der Waals surface area contributed by atoms with Gasteiger partial charge in [0.25, 0.3) is 0 Å². The second-order valence-electron chi connectivity index (χ2n) is 8.25. The molecule has 0 radical (unpaired) electrons. The number of fused-ring (bicyclic) bond motifs is 1. The standard InChI is InChI=1S/C24H33N5OS/c1-4-30-20-9-10-22-21(15-20)17(2)27-24(28-22)29-13-6-7-19(11-14-29)25-12-5-8-23-18(3)26-16-31-23/h9-10,15-16,19,25H,4-8,11-14H2,1-3H3/t19-/m0/s1. The van der Waals surface area contributed by atoms with Crippen molar-refractivity contribution in [2.24, 2.45) is 0 Å². The van der Waals surface area contributed by atoms with Crippen molar-refractivity contribution >= 4 is 28.2 Å². The largest absolute Gasteiger partial charge is 0.494 e. The molecule has 6 nitrogen and oxygen atoms in total. The molecule has 3 heterocycles. The highest BCUT2D eigenvalue weighted by Crippen LogP contribution is 2.25. The van der Waals surface area contributed by atoms with E-state index in [1.807, 2.05) is 30.6 Å². The minimum absolute atomic E-state index is 0.572. The lowest BCUT2D eigenvalue weighted by molar-refractivity contribution is 0.340. The third-order valence-electron chi connectivity index (χ3n) is 6.03. The predicted octanol–water partition coefficient (Wildman–Crippen LogP) is 4.68. The Morgan fingerprint density at radius 2 is 2.06 bits per heavy atom. The first-order valence-electron chi connectivity index (χ1n) is 11.4. The van der Waals surface area contributed by atoms with Gasteiger partial charge in [-0.2, -0.15) is 0 Å². The summed E-state index contributed by atoms with van der Waals surface area (Å²) in [6, 6.07) is 6.67. The Morgan fingerprint density at radius 1 is 1.16 bits per heavy atom. The van der Waals surface area contributed by atoms with E-state index in [9.17, 15) is 0 Å². The fourth-order valence-electron chi connectivity index (χ4n) is 4.27. The van der Waals surface area contributed by atoms with Crippen molar-refractivity contribution in [1.82, 2.24) is 20.3 Å². The molecule has 0 aliphatic carbocycles.